The van der Waals surface area contributed by atoms with Gasteiger partial charge in [-0.3, -0.25) is 14.6 Å². The number of hydrogen-bond donors (Lipinski definition) is 0. The Morgan fingerprint density at radius 1 is 1.11 bits per heavy atom. The summed E-state index contributed by atoms with van der Waals surface area (Å²) < 4.78 is 25.5. The molecule has 0 bridgehead atoms. The number of morpholine rings is 1. The summed E-state index contributed by atoms with van der Waals surface area (Å²) in [6.45, 7) is 11.5. The van der Waals surface area contributed by atoms with Gasteiger partial charge in [-0.2, -0.15) is 0 Å². The number of ether oxygens (including phenoxy) is 4. The number of ketones is 1. The first-order valence-corrected chi connectivity index (χ1v) is 13.0. The number of allylic oxidation sites excluding steroid dienone is 1. The van der Waals surface area contributed by atoms with Gasteiger partial charge >= 0.3 is 0 Å². The summed E-state index contributed by atoms with van der Waals surface area (Å²) in [6.07, 6.45) is 3.93. The Labute approximate surface area is 216 Å². The number of Topliss-reactive ketones (excluding diaryl/α,β-unsaturated/α-hetero) is 1. The van der Waals surface area contributed by atoms with Crippen LogP contribution in [0, 0.1) is 6.92 Å². The van der Waals surface area contributed by atoms with Crippen LogP contribution in [0.2, 0.25) is 0 Å². The smallest absolute Gasteiger partial charge is 0.232 e. The number of aryl methyl sites for hydroxylation is 2. The molecule has 8 nitrogen and oxygen atoms in total. The van der Waals surface area contributed by atoms with Crippen LogP contribution in [0.5, 0.6) is 17.2 Å². The summed E-state index contributed by atoms with van der Waals surface area (Å²) in [5.74, 6) is 2.48. The average molecular weight is 504 g/mol. The van der Waals surface area contributed by atoms with E-state index in [0.29, 0.717) is 30.3 Å². The van der Waals surface area contributed by atoms with E-state index in [1.54, 1.807) is 7.11 Å². The molecule has 0 aliphatic carbocycles. The summed E-state index contributed by atoms with van der Waals surface area (Å²) >= 11 is 0. The zero-order valence-corrected chi connectivity index (χ0v) is 21.7. The van der Waals surface area contributed by atoms with Crippen LogP contribution in [0.1, 0.15) is 34.0 Å². The van der Waals surface area contributed by atoms with Gasteiger partial charge in [0.05, 0.1) is 31.5 Å². The van der Waals surface area contributed by atoms with Gasteiger partial charge in [0.1, 0.15) is 24.0 Å². The van der Waals surface area contributed by atoms with Crippen molar-refractivity contribution in [2.24, 2.45) is 0 Å². The minimum Gasteiger partial charge on any atom is -0.497 e. The second-order valence-electron chi connectivity index (χ2n) is 9.85. The molecule has 0 spiro atoms. The predicted molar refractivity (Wildman–Crippen MR) is 141 cm³/mol. The molecular weight excluding hydrogens is 470 g/mol. The van der Waals surface area contributed by atoms with Crippen LogP contribution in [0.25, 0.3) is 17.0 Å². The first-order chi connectivity index (χ1) is 18.1. The fourth-order valence-corrected chi connectivity index (χ4v) is 5.48. The Morgan fingerprint density at radius 3 is 2.70 bits per heavy atom. The van der Waals surface area contributed by atoms with E-state index >= 15 is 0 Å². The number of aromatic nitrogens is 1. The molecule has 0 atom stereocenters. The number of methoxy groups -OCH3 is 1. The summed E-state index contributed by atoms with van der Waals surface area (Å²) in [5, 5.41) is 1.03. The number of benzene rings is 2. The SMILES string of the molecule is CCn1cc(/C=C2\Oc3c4c(cc(C)c3C2=O)OCN(CCN2CCOCC2)C4)c2cc(OC)ccc21. The fraction of sp³-hybridized carbons (Fsp3) is 0.414. The maximum atomic E-state index is 13.6. The highest BCUT2D eigenvalue weighted by atomic mass is 16.5. The Balaban J connectivity index is 1.30. The summed E-state index contributed by atoms with van der Waals surface area (Å²) in [7, 11) is 1.66. The van der Waals surface area contributed by atoms with Gasteiger partial charge in [0.2, 0.25) is 5.78 Å². The summed E-state index contributed by atoms with van der Waals surface area (Å²) in [6, 6.07) is 7.99. The van der Waals surface area contributed by atoms with Crippen molar-refractivity contribution in [2.75, 3.05) is 53.2 Å². The molecule has 0 saturated carbocycles. The van der Waals surface area contributed by atoms with Crippen LogP contribution in [-0.2, 0) is 17.8 Å². The van der Waals surface area contributed by atoms with Crippen LogP contribution in [0.4, 0.5) is 0 Å². The third-order valence-electron chi connectivity index (χ3n) is 7.57. The van der Waals surface area contributed by atoms with Crippen molar-refractivity contribution in [1.29, 1.82) is 0 Å². The molecule has 1 aromatic heterocycles. The fourth-order valence-electron chi connectivity index (χ4n) is 5.48. The molecule has 0 amide bonds. The van der Waals surface area contributed by atoms with Gasteiger partial charge in [-0.1, -0.05) is 0 Å². The minimum absolute atomic E-state index is 0.0824. The number of rotatable bonds is 6. The summed E-state index contributed by atoms with van der Waals surface area (Å²) in [4.78, 5) is 18.2. The van der Waals surface area contributed by atoms with E-state index in [-0.39, 0.29) is 5.78 Å². The Kier molecular flexibility index (Phi) is 6.40. The highest BCUT2D eigenvalue weighted by molar-refractivity contribution is 6.16. The molecule has 0 N–H and O–H groups in total. The van der Waals surface area contributed by atoms with E-state index in [1.165, 1.54) is 0 Å². The normalized spacial score (nSPS) is 19.1. The van der Waals surface area contributed by atoms with Crippen LogP contribution >= 0.6 is 0 Å². The third-order valence-corrected chi connectivity index (χ3v) is 7.57. The van der Waals surface area contributed by atoms with Gasteiger partial charge in [0.25, 0.3) is 0 Å². The highest BCUT2D eigenvalue weighted by Crippen LogP contribution is 2.44. The maximum Gasteiger partial charge on any atom is 0.232 e. The second kappa shape index (κ2) is 9.85. The largest absolute Gasteiger partial charge is 0.497 e. The minimum atomic E-state index is -0.0824. The molecule has 1 fully saturated rings. The van der Waals surface area contributed by atoms with Crippen LogP contribution in [-0.4, -0.2) is 73.4 Å². The lowest BCUT2D eigenvalue weighted by molar-refractivity contribution is 0.0239. The predicted octanol–water partition coefficient (Wildman–Crippen LogP) is 4.08. The Morgan fingerprint density at radius 2 is 1.92 bits per heavy atom. The molecule has 1 saturated heterocycles. The van der Waals surface area contributed by atoms with Gasteiger partial charge < -0.3 is 23.5 Å². The molecule has 0 radical (unpaired) electrons. The van der Waals surface area contributed by atoms with Gasteiger partial charge in [0, 0.05) is 61.9 Å². The molecule has 3 aliphatic rings. The summed E-state index contributed by atoms with van der Waals surface area (Å²) in [5.41, 5.74) is 4.49. The molecule has 8 heteroatoms. The van der Waals surface area contributed by atoms with E-state index in [0.717, 1.165) is 85.0 Å². The van der Waals surface area contributed by atoms with Crippen molar-refractivity contribution < 1.29 is 23.7 Å². The van der Waals surface area contributed by atoms with Crippen molar-refractivity contribution in [3.05, 3.63) is 58.5 Å². The molecular formula is C29H33N3O5. The van der Waals surface area contributed by atoms with Gasteiger partial charge in [-0.25, -0.2) is 0 Å². The van der Waals surface area contributed by atoms with Crippen molar-refractivity contribution in [2.45, 2.75) is 26.9 Å². The number of carbonyl (C=O) groups excluding carboxylic acids is 1. The highest BCUT2D eigenvalue weighted by Gasteiger charge is 2.35. The Bertz CT molecular complexity index is 1390. The average Bonchev–Trinajstić information content (AvgIpc) is 3.45. The third kappa shape index (κ3) is 4.39. The molecule has 194 valence electrons. The lowest BCUT2D eigenvalue weighted by Gasteiger charge is -2.33. The number of nitrogens with zero attached hydrogens (tertiary/aromatic N) is 3. The van der Waals surface area contributed by atoms with E-state index < -0.39 is 0 Å². The first kappa shape index (κ1) is 24.0. The maximum absolute atomic E-state index is 13.6. The van der Waals surface area contributed by atoms with Gasteiger partial charge in [-0.15, -0.1) is 0 Å². The molecule has 6 rings (SSSR count). The number of fused-ring (bicyclic) bond motifs is 4. The van der Waals surface area contributed by atoms with E-state index in [1.807, 2.05) is 31.2 Å². The lowest BCUT2D eigenvalue weighted by atomic mass is 9.98. The molecule has 2 aromatic carbocycles. The van der Waals surface area contributed by atoms with Gasteiger partial charge in [-0.05, 0) is 49.8 Å². The Hall–Kier alpha value is -3.33. The molecule has 3 aromatic rings. The van der Waals surface area contributed by atoms with Crippen molar-refractivity contribution in [3.8, 4) is 17.2 Å². The zero-order chi connectivity index (χ0) is 25.5. The molecule has 0 unspecified atom stereocenters. The lowest BCUT2D eigenvalue weighted by Crippen LogP contribution is -2.43. The second-order valence-corrected chi connectivity index (χ2v) is 9.85. The van der Waals surface area contributed by atoms with Crippen LogP contribution in [0.3, 0.4) is 0 Å². The quantitative estimate of drug-likeness (QED) is 0.470. The van der Waals surface area contributed by atoms with Crippen molar-refractivity contribution in [3.63, 3.8) is 0 Å². The van der Waals surface area contributed by atoms with Crippen LogP contribution in [0.15, 0.2) is 36.2 Å². The molecule has 3 aliphatic heterocycles. The standard InChI is InChI=1S/C29H33N3O5/c1-4-32-16-20(22-15-21(34-3)5-6-24(22)32)14-26-28(33)27-19(2)13-25-23(29(27)37-26)17-31(18-36-25)8-7-30-9-11-35-12-10-30/h5-6,13-16H,4,7-12,17-18H2,1-3H3/b26-14-. The number of hydrogen-bond acceptors (Lipinski definition) is 7. The van der Waals surface area contributed by atoms with Crippen molar-refractivity contribution >= 4 is 22.8 Å². The molecule has 37 heavy (non-hydrogen) atoms. The number of carbonyl (C=O) groups is 1. The van der Waals surface area contributed by atoms with E-state index in [4.69, 9.17) is 18.9 Å². The van der Waals surface area contributed by atoms with Gasteiger partial charge in [0.15, 0.2) is 5.76 Å². The van der Waals surface area contributed by atoms with E-state index in [2.05, 4.69) is 33.6 Å². The molecule has 4 heterocycles. The van der Waals surface area contributed by atoms with E-state index in [9.17, 15) is 4.79 Å². The van der Waals surface area contributed by atoms with Crippen molar-refractivity contribution in [1.82, 2.24) is 14.4 Å². The van der Waals surface area contributed by atoms with Crippen LogP contribution < -0.4 is 14.2 Å². The monoisotopic (exact) mass is 503 g/mol. The first-order valence-electron chi connectivity index (χ1n) is 13.0. The zero-order valence-electron chi connectivity index (χ0n) is 21.7. The topological polar surface area (TPSA) is 65.4 Å².